The third kappa shape index (κ3) is 4.30. The third-order valence-corrected chi connectivity index (χ3v) is 4.71. The molecule has 0 unspecified atom stereocenters. The first-order chi connectivity index (χ1) is 13.0. The van der Waals surface area contributed by atoms with E-state index in [1.54, 1.807) is 47.3 Å². The standard InChI is InChI=1S/C19H15Cl2N3O3/c1-27-19(26)13-5-2-4-12(10-13)18(25)23-16-8-9-22-24(16)11-14-6-3-7-15(20)17(14)21/h2-10H,11H2,1H3,(H,23,25). The van der Waals surface area contributed by atoms with Crippen molar-refractivity contribution >= 4 is 40.9 Å². The Kier molecular flexibility index (Phi) is 5.78. The number of ether oxygens (including phenoxy) is 1. The van der Waals surface area contributed by atoms with Crippen LogP contribution in [-0.2, 0) is 11.3 Å². The van der Waals surface area contributed by atoms with Crippen molar-refractivity contribution in [2.45, 2.75) is 6.54 Å². The summed E-state index contributed by atoms with van der Waals surface area (Å²) >= 11 is 12.3. The van der Waals surface area contributed by atoms with Crippen LogP contribution in [0, 0.1) is 0 Å². The Balaban J connectivity index is 1.79. The molecule has 0 fully saturated rings. The summed E-state index contributed by atoms with van der Waals surface area (Å²) in [5.74, 6) is -0.399. The van der Waals surface area contributed by atoms with Crippen LogP contribution in [0.1, 0.15) is 26.3 Å². The van der Waals surface area contributed by atoms with Gasteiger partial charge in [0.05, 0.1) is 35.5 Å². The monoisotopic (exact) mass is 403 g/mol. The van der Waals surface area contributed by atoms with E-state index in [9.17, 15) is 9.59 Å². The Labute approximate surface area is 165 Å². The van der Waals surface area contributed by atoms with E-state index in [1.165, 1.54) is 13.2 Å². The van der Waals surface area contributed by atoms with Crippen molar-refractivity contribution < 1.29 is 14.3 Å². The maximum absolute atomic E-state index is 12.5. The van der Waals surface area contributed by atoms with Gasteiger partial charge >= 0.3 is 5.97 Å². The molecule has 0 aliphatic rings. The van der Waals surface area contributed by atoms with Crippen LogP contribution in [0.2, 0.25) is 10.0 Å². The Morgan fingerprint density at radius 3 is 2.63 bits per heavy atom. The normalized spacial score (nSPS) is 10.5. The highest BCUT2D eigenvalue weighted by Crippen LogP contribution is 2.26. The number of nitrogens with one attached hydrogen (secondary N) is 1. The van der Waals surface area contributed by atoms with Gasteiger partial charge in [0.1, 0.15) is 5.82 Å². The van der Waals surface area contributed by atoms with Crippen LogP contribution in [0.25, 0.3) is 0 Å². The van der Waals surface area contributed by atoms with Crippen LogP contribution >= 0.6 is 23.2 Å². The molecular weight excluding hydrogens is 389 g/mol. The van der Waals surface area contributed by atoms with Gasteiger partial charge in [-0.05, 0) is 29.8 Å². The molecule has 1 N–H and O–H groups in total. The summed E-state index contributed by atoms with van der Waals surface area (Å²) < 4.78 is 6.27. The molecule has 0 atom stereocenters. The van der Waals surface area contributed by atoms with E-state index in [4.69, 9.17) is 23.2 Å². The average molecular weight is 404 g/mol. The summed E-state index contributed by atoms with van der Waals surface area (Å²) in [5, 5.41) is 7.89. The Morgan fingerprint density at radius 2 is 1.85 bits per heavy atom. The summed E-state index contributed by atoms with van der Waals surface area (Å²) in [4.78, 5) is 24.2. The van der Waals surface area contributed by atoms with Gasteiger partial charge in [-0.2, -0.15) is 5.10 Å². The third-order valence-electron chi connectivity index (χ3n) is 3.86. The minimum Gasteiger partial charge on any atom is -0.465 e. The van der Waals surface area contributed by atoms with Gasteiger partial charge in [0.25, 0.3) is 5.91 Å². The second-order valence-electron chi connectivity index (χ2n) is 5.61. The van der Waals surface area contributed by atoms with E-state index in [2.05, 4.69) is 15.2 Å². The average Bonchev–Trinajstić information content (AvgIpc) is 3.11. The number of esters is 1. The first-order valence-electron chi connectivity index (χ1n) is 7.94. The lowest BCUT2D eigenvalue weighted by molar-refractivity contribution is 0.0600. The van der Waals surface area contributed by atoms with Gasteiger partial charge in [0.15, 0.2) is 0 Å². The molecular formula is C19H15Cl2N3O3. The fraction of sp³-hybridized carbons (Fsp3) is 0.105. The summed E-state index contributed by atoms with van der Waals surface area (Å²) in [6.45, 7) is 0.338. The van der Waals surface area contributed by atoms with Gasteiger partial charge in [0, 0.05) is 11.6 Å². The molecule has 0 saturated carbocycles. The molecule has 6 nitrogen and oxygen atoms in total. The number of halogens is 2. The molecule has 3 aromatic rings. The molecule has 1 heterocycles. The number of rotatable bonds is 5. The van der Waals surface area contributed by atoms with Crippen LogP contribution < -0.4 is 5.32 Å². The van der Waals surface area contributed by atoms with Crippen molar-refractivity contribution in [1.29, 1.82) is 0 Å². The lowest BCUT2D eigenvalue weighted by Gasteiger charge is -2.11. The second kappa shape index (κ2) is 8.24. The molecule has 0 saturated heterocycles. The lowest BCUT2D eigenvalue weighted by atomic mass is 10.1. The molecule has 0 bridgehead atoms. The maximum Gasteiger partial charge on any atom is 0.337 e. The molecule has 0 aliphatic heterocycles. The summed E-state index contributed by atoms with van der Waals surface area (Å²) in [6, 6.07) is 13.3. The smallest absolute Gasteiger partial charge is 0.337 e. The predicted molar refractivity (Wildman–Crippen MR) is 104 cm³/mol. The molecule has 1 amide bonds. The molecule has 0 radical (unpaired) electrons. The molecule has 8 heteroatoms. The number of aromatic nitrogens is 2. The zero-order valence-corrected chi connectivity index (χ0v) is 15.8. The quantitative estimate of drug-likeness (QED) is 0.645. The van der Waals surface area contributed by atoms with Gasteiger partial charge in [0.2, 0.25) is 0 Å². The first-order valence-corrected chi connectivity index (χ1v) is 8.69. The van der Waals surface area contributed by atoms with Gasteiger partial charge in [-0.25, -0.2) is 9.48 Å². The summed E-state index contributed by atoms with van der Waals surface area (Å²) in [7, 11) is 1.29. The largest absolute Gasteiger partial charge is 0.465 e. The first kappa shape index (κ1) is 18.9. The maximum atomic E-state index is 12.5. The second-order valence-corrected chi connectivity index (χ2v) is 6.40. The van der Waals surface area contributed by atoms with E-state index < -0.39 is 5.97 Å². The highest BCUT2D eigenvalue weighted by atomic mass is 35.5. The van der Waals surface area contributed by atoms with E-state index >= 15 is 0 Å². The Hall–Kier alpha value is -2.83. The minimum absolute atomic E-state index is 0.296. The zero-order chi connectivity index (χ0) is 19.4. The van der Waals surface area contributed by atoms with Crippen molar-refractivity contribution in [1.82, 2.24) is 9.78 Å². The fourth-order valence-corrected chi connectivity index (χ4v) is 2.87. The van der Waals surface area contributed by atoms with E-state index in [-0.39, 0.29) is 5.91 Å². The van der Waals surface area contributed by atoms with Gasteiger partial charge < -0.3 is 10.1 Å². The van der Waals surface area contributed by atoms with Crippen LogP contribution in [0.15, 0.2) is 54.7 Å². The predicted octanol–water partition coefficient (Wildman–Crippen LogP) is 4.28. The van der Waals surface area contributed by atoms with Crippen LogP contribution in [0.3, 0.4) is 0 Å². The molecule has 138 valence electrons. The molecule has 27 heavy (non-hydrogen) atoms. The van der Waals surface area contributed by atoms with Gasteiger partial charge in [-0.15, -0.1) is 0 Å². The van der Waals surface area contributed by atoms with Crippen molar-refractivity contribution in [3.05, 3.63) is 81.5 Å². The van der Waals surface area contributed by atoms with Crippen molar-refractivity contribution in [2.24, 2.45) is 0 Å². The Morgan fingerprint density at radius 1 is 1.11 bits per heavy atom. The molecule has 2 aromatic carbocycles. The SMILES string of the molecule is COC(=O)c1cccc(C(=O)Nc2ccnn2Cc2cccc(Cl)c2Cl)c1. The lowest BCUT2D eigenvalue weighted by Crippen LogP contribution is -2.17. The van der Waals surface area contributed by atoms with Crippen LogP contribution in [0.5, 0.6) is 0 Å². The van der Waals surface area contributed by atoms with Gasteiger partial charge in [-0.3, -0.25) is 4.79 Å². The molecule has 3 rings (SSSR count). The number of hydrogen-bond donors (Lipinski definition) is 1. The zero-order valence-electron chi connectivity index (χ0n) is 14.3. The number of methoxy groups -OCH3 is 1. The number of amides is 1. The van der Waals surface area contributed by atoms with E-state index in [1.807, 2.05) is 6.07 Å². The highest BCUT2D eigenvalue weighted by Gasteiger charge is 2.14. The summed E-state index contributed by atoms with van der Waals surface area (Å²) in [5.41, 5.74) is 1.40. The number of carbonyl (C=O) groups excluding carboxylic acids is 2. The highest BCUT2D eigenvalue weighted by molar-refractivity contribution is 6.42. The number of carbonyl (C=O) groups is 2. The number of nitrogens with zero attached hydrogens (tertiary/aromatic N) is 2. The minimum atomic E-state index is -0.509. The summed E-state index contributed by atoms with van der Waals surface area (Å²) in [6.07, 6.45) is 1.57. The molecule has 1 aromatic heterocycles. The van der Waals surface area contributed by atoms with Crippen molar-refractivity contribution in [2.75, 3.05) is 12.4 Å². The van der Waals surface area contributed by atoms with Crippen LogP contribution in [0.4, 0.5) is 5.82 Å². The van der Waals surface area contributed by atoms with Gasteiger partial charge in [-0.1, -0.05) is 41.4 Å². The fourth-order valence-electron chi connectivity index (χ4n) is 2.49. The number of benzene rings is 2. The van der Waals surface area contributed by atoms with E-state index in [0.717, 1.165) is 5.56 Å². The topological polar surface area (TPSA) is 73.2 Å². The number of anilines is 1. The van der Waals surface area contributed by atoms with Crippen LogP contribution in [-0.4, -0.2) is 28.8 Å². The van der Waals surface area contributed by atoms with Crippen molar-refractivity contribution in [3.63, 3.8) is 0 Å². The Bertz CT molecular complexity index is 1000. The van der Waals surface area contributed by atoms with Crippen molar-refractivity contribution in [3.8, 4) is 0 Å². The number of hydrogen-bond acceptors (Lipinski definition) is 4. The molecule has 0 aliphatic carbocycles. The van der Waals surface area contributed by atoms with E-state index in [0.29, 0.717) is 33.5 Å². The molecule has 0 spiro atoms.